The second-order valence-corrected chi connectivity index (χ2v) is 3.95. The van der Waals surface area contributed by atoms with Crippen LogP contribution in [0.1, 0.15) is 0 Å². The quantitative estimate of drug-likeness (QED) is 0.223. The van der Waals surface area contributed by atoms with Crippen molar-refractivity contribution < 1.29 is 4.92 Å². The van der Waals surface area contributed by atoms with Crippen molar-refractivity contribution in [2.45, 2.75) is 0 Å². The van der Waals surface area contributed by atoms with Crippen LogP contribution in [-0.2, 0) is 0 Å². The lowest BCUT2D eigenvalue weighted by molar-refractivity contribution is -0.384. The van der Waals surface area contributed by atoms with Crippen LogP contribution >= 0.6 is 23.4 Å². The van der Waals surface area contributed by atoms with Crippen LogP contribution in [0.25, 0.3) is 0 Å². The molecule has 0 amide bonds. The Morgan fingerprint density at radius 2 is 2.41 bits per heavy atom. The zero-order valence-corrected chi connectivity index (χ0v) is 10.2. The van der Waals surface area contributed by atoms with Gasteiger partial charge < -0.3 is 0 Å². The van der Waals surface area contributed by atoms with Gasteiger partial charge in [0.2, 0.25) is 0 Å². The lowest BCUT2D eigenvalue weighted by atomic mass is 10.3. The largest absolute Gasteiger partial charge is 0.271 e. The van der Waals surface area contributed by atoms with E-state index >= 15 is 0 Å². The molecule has 0 saturated carbocycles. The van der Waals surface area contributed by atoms with Crippen LogP contribution in [-0.4, -0.2) is 16.3 Å². The Morgan fingerprint density at radius 1 is 1.71 bits per heavy atom. The van der Waals surface area contributed by atoms with Crippen molar-refractivity contribution in [2.24, 2.45) is 4.99 Å². The SMILES string of the molecule is CSC(=Nc1cc([N+](=O)[O-])ccc1Cl)NC#N. The molecule has 0 saturated heterocycles. The zero-order valence-electron chi connectivity index (χ0n) is 8.68. The van der Waals surface area contributed by atoms with Gasteiger partial charge in [-0.05, 0) is 12.3 Å². The second kappa shape index (κ2) is 6.08. The summed E-state index contributed by atoms with van der Waals surface area (Å²) in [6.07, 6.45) is 3.43. The Balaban J connectivity index is 3.17. The van der Waals surface area contributed by atoms with E-state index in [4.69, 9.17) is 16.9 Å². The fourth-order valence-corrected chi connectivity index (χ4v) is 1.48. The molecule has 8 heteroatoms. The van der Waals surface area contributed by atoms with Gasteiger partial charge in [0, 0.05) is 12.1 Å². The summed E-state index contributed by atoms with van der Waals surface area (Å²) in [4.78, 5) is 14.1. The van der Waals surface area contributed by atoms with Crippen molar-refractivity contribution in [3.8, 4) is 6.19 Å². The molecule has 1 N–H and O–H groups in total. The number of hydrogen-bond donors (Lipinski definition) is 1. The number of benzene rings is 1. The number of nitro benzene ring substituents is 1. The first-order chi connectivity index (χ1) is 8.08. The Labute approximate surface area is 106 Å². The van der Waals surface area contributed by atoms with E-state index in [1.165, 1.54) is 30.0 Å². The van der Waals surface area contributed by atoms with Crippen LogP contribution in [0.2, 0.25) is 5.02 Å². The summed E-state index contributed by atoms with van der Waals surface area (Å²) < 4.78 is 0. The Hall–Kier alpha value is -1.78. The summed E-state index contributed by atoms with van der Waals surface area (Å²) in [6.45, 7) is 0. The minimum atomic E-state index is -0.536. The molecule has 0 atom stereocenters. The van der Waals surface area contributed by atoms with E-state index in [0.29, 0.717) is 5.17 Å². The van der Waals surface area contributed by atoms with Crippen molar-refractivity contribution in [2.75, 3.05) is 6.26 Å². The number of hydrogen-bond acceptors (Lipinski definition) is 5. The van der Waals surface area contributed by atoms with Crippen LogP contribution in [0.4, 0.5) is 11.4 Å². The molecule has 0 spiro atoms. The second-order valence-electron chi connectivity index (χ2n) is 2.75. The van der Waals surface area contributed by atoms with Crippen LogP contribution in [0.5, 0.6) is 0 Å². The van der Waals surface area contributed by atoms with Gasteiger partial charge in [-0.2, -0.15) is 5.26 Å². The Kier molecular flexibility index (Phi) is 4.75. The molecule has 0 heterocycles. The van der Waals surface area contributed by atoms with E-state index in [9.17, 15) is 10.1 Å². The number of halogens is 1. The smallest absolute Gasteiger partial charge is 0.271 e. The molecular weight excluding hydrogens is 264 g/mol. The Bertz CT molecular complexity index is 512. The van der Waals surface area contributed by atoms with Crippen LogP contribution in [0.15, 0.2) is 23.2 Å². The third-order valence-corrected chi connectivity index (χ3v) is 2.62. The molecule has 6 nitrogen and oxygen atoms in total. The molecule has 0 aliphatic rings. The van der Waals surface area contributed by atoms with Crippen molar-refractivity contribution in [3.63, 3.8) is 0 Å². The maximum absolute atomic E-state index is 10.6. The third kappa shape index (κ3) is 3.62. The standard InChI is InChI=1S/C9H7ClN4O2S/c1-17-9(12-5-11)13-8-4-6(14(15)16)2-3-7(8)10/h2-4H,1H3,(H,12,13). The number of nitriles is 1. The van der Waals surface area contributed by atoms with E-state index in [1.807, 2.05) is 0 Å². The Morgan fingerprint density at radius 3 is 2.94 bits per heavy atom. The average molecular weight is 271 g/mol. The van der Waals surface area contributed by atoms with Crippen molar-refractivity contribution in [1.82, 2.24) is 5.32 Å². The molecule has 1 aromatic carbocycles. The third-order valence-electron chi connectivity index (χ3n) is 1.72. The number of aliphatic imine (C=N–C) groups is 1. The lowest BCUT2D eigenvalue weighted by Gasteiger charge is -2.01. The molecule has 1 rings (SSSR count). The van der Waals surface area contributed by atoms with Crippen molar-refractivity contribution >= 4 is 39.9 Å². The molecule has 17 heavy (non-hydrogen) atoms. The number of amidine groups is 1. The molecule has 88 valence electrons. The summed E-state index contributed by atoms with van der Waals surface area (Å²) in [6, 6.07) is 3.93. The molecule has 0 unspecified atom stereocenters. The molecule has 0 radical (unpaired) electrons. The predicted octanol–water partition coefficient (Wildman–Crippen LogP) is 2.67. The minimum Gasteiger partial charge on any atom is -0.271 e. The maximum atomic E-state index is 10.6. The van der Waals surface area contributed by atoms with Gasteiger partial charge in [-0.25, -0.2) is 4.99 Å². The summed E-state index contributed by atoms with van der Waals surface area (Å²) in [5, 5.41) is 22.0. The fraction of sp³-hybridized carbons (Fsp3) is 0.111. The van der Waals surface area contributed by atoms with Crippen LogP contribution in [0, 0.1) is 21.6 Å². The summed E-state index contributed by atoms with van der Waals surface area (Å²) in [7, 11) is 0. The topological polar surface area (TPSA) is 91.3 Å². The number of thioether (sulfide) groups is 1. The van der Waals surface area contributed by atoms with Gasteiger partial charge >= 0.3 is 0 Å². The van der Waals surface area contributed by atoms with E-state index in [2.05, 4.69) is 10.3 Å². The summed E-state index contributed by atoms with van der Waals surface area (Å²) in [5.41, 5.74) is 0.138. The number of non-ortho nitro benzene ring substituents is 1. The molecule has 0 aliphatic carbocycles. The number of nitrogens with zero attached hydrogens (tertiary/aromatic N) is 3. The first-order valence-electron chi connectivity index (χ1n) is 4.30. The summed E-state index contributed by atoms with van der Waals surface area (Å²) in [5.74, 6) is 0. The normalized spacial score (nSPS) is 10.8. The molecular formula is C9H7ClN4O2S. The molecule has 0 fully saturated rings. The van der Waals surface area contributed by atoms with E-state index in [-0.39, 0.29) is 16.4 Å². The highest BCUT2D eigenvalue weighted by Gasteiger charge is 2.09. The minimum absolute atomic E-state index is 0.106. The number of nitro groups is 1. The fourth-order valence-electron chi connectivity index (χ4n) is 0.982. The highest BCUT2D eigenvalue weighted by molar-refractivity contribution is 8.13. The molecule has 0 aliphatic heterocycles. The van der Waals surface area contributed by atoms with Crippen molar-refractivity contribution in [1.29, 1.82) is 5.26 Å². The monoisotopic (exact) mass is 270 g/mol. The predicted molar refractivity (Wildman–Crippen MR) is 67.5 cm³/mol. The van der Waals surface area contributed by atoms with Gasteiger partial charge in [0.15, 0.2) is 11.4 Å². The highest BCUT2D eigenvalue weighted by atomic mass is 35.5. The van der Waals surface area contributed by atoms with Crippen LogP contribution < -0.4 is 5.32 Å². The lowest BCUT2D eigenvalue weighted by Crippen LogP contribution is -2.12. The first-order valence-corrected chi connectivity index (χ1v) is 5.90. The molecule has 0 bridgehead atoms. The van der Waals surface area contributed by atoms with E-state index < -0.39 is 4.92 Å². The van der Waals surface area contributed by atoms with E-state index in [0.717, 1.165) is 0 Å². The average Bonchev–Trinajstić information content (AvgIpc) is 2.30. The zero-order chi connectivity index (χ0) is 12.8. The molecule has 0 aromatic heterocycles. The summed E-state index contributed by atoms with van der Waals surface area (Å²) >= 11 is 7.05. The van der Waals surface area contributed by atoms with Crippen molar-refractivity contribution in [3.05, 3.63) is 33.3 Å². The number of rotatable bonds is 2. The van der Waals surface area contributed by atoms with Gasteiger partial charge in [-0.15, -0.1) is 0 Å². The van der Waals surface area contributed by atoms with Gasteiger partial charge in [0.25, 0.3) is 5.69 Å². The highest BCUT2D eigenvalue weighted by Crippen LogP contribution is 2.29. The van der Waals surface area contributed by atoms with E-state index in [1.54, 1.807) is 12.4 Å². The van der Waals surface area contributed by atoms with Gasteiger partial charge in [-0.3, -0.25) is 15.4 Å². The molecule has 1 aromatic rings. The van der Waals surface area contributed by atoms with Gasteiger partial charge in [0.05, 0.1) is 15.6 Å². The first kappa shape index (κ1) is 13.3. The number of nitrogens with one attached hydrogen (secondary N) is 1. The van der Waals surface area contributed by atoms with Gasteiger partial charge in [0.1, 0.15) is 0 Å². The maximum Gasteiger partial charge on any atom is 0.271 e. The van der Waals surface area contributed by atoms with Gasteiger partial charge in [-0.1, -0.05) is 23.4 Å². The van der Waals surface area contributed by atoms with Crippen LogP contribution in [0.3, 0.4) is 0 Å².